The number of rotatable bonds is 7. The molecule has 2 amide bonds. The number of nitrogens with one attached hydrogen (secondary N) is 2. The van der Waals surface area contributed by atoms with Crippen LogP contribution in [0.25, 0.3) is 0 Å². The quantitative estimate of drug-likeness (QED) is 0.725. The van der Waals surface area contributed by atoms with Gasteiger partial charge in [0.25, 0.3) is 0 Å². The van der Waals surface area contributed by atoms with Gasteiger partial charge in [-0.3, -0.25) is 0 Å². The van der Waals surface area contributed by atoms with E-state index in [1.54, 1.807) is 18.3 Å². The summed E-state index contributed by atoms with van der Waals surface area (Å²) in [6.45, 7) is 3.86. The molecule has 3 rings (SSSR count). The summed E-state index contributed by atoms with van der Waals surface area (Å²) >= 11 is 0. The van der Waals surface area contributed by atoms with Crippen molar-refractivity contribution in [1.29, 1.82) is 0 Å². The van der Waals surface area contributed by atoms with Crippen molar-refractivity contribution in [2.24, 2.45) is 0 Å². The SMILES string of the molecule is O=C(NCCOc1cccc(F)c1)NCc1cccnc1N1CCOCC1. The molecule has 8 heteroatoms. The second-order valence-corrected chi connectivity index (χ2v) is 6.00. The molecule has 1 aliphatic rings. The van der Waals surface area contributed by atoms with Gasteiger partial charge in [0.15, 0.2) is 0 Å². The normalized spacial score (nSPS) is 13.9. The smallest absolute Gasteiger partial charge is 0.315 e. The minimum atomic E-state index is -0.356. The molecule has 0 aliphatic carbocycles. The molecular weight excluding hydrogens is 351 g/mol. The van der Waals surface area contributed by atoms with Crippen molar-refractivity contribution >= 4 is 11.8 Å². The molecule has 0 bridgehead atoms. The van der Waals surface area contributed by atoms with E-state index in [9.17, 15) is 9.18 Å². The zero-order valence-corrected chi connectivity index (χ0v) is 15.0. The fourth-order valence-corrected chi connectivity index (χ4v) is 2.76. The minimum Gasteiger partial charge on any atom is -0.492 e. The highest BCUT2D eigenvalue weighted by molar-refractivity contribution is 5.74. The van der Waals surface area contributed by atoms with Gasteiger partial charge in [-0.2, -0.15) is 0 Å². The number of benzene rings is 1. The molecule has 0 spiro atoms. The van der Waals surface area contributed by atoms with E-state index in [1.165, 1.54) is 12.1 Å². The molecule has 0 radical (unpaired) electrons. The average Bonchev–Trinajstić information content (AvgIpc) is 2.71. The second-order valence-electron chi connectivity index (χ2n) is 6.00. The molecule has 2 heterocycles. The number of urea groups is 1. The first-order valence-electron chi connectivity index (χ1n) is 8.89. The van der Waals surface area contributed by atoms with E-state index in [4.69, 9.17) is 9.47 Å². The predicted molar refractivity (Wildman–Crippen MR) is 99.4 cm³/mol. The highest BCUT2D eigenvalue weighted by Crippen LogP contribution is 2.18. The summed E-state index contributed by atoms with van der Waals surface area (Å²) in [5.41, 5.74) is 0.950. The highest BCUT2D eigenvalue weighted by Gasteiger charge is 2.16. The summed E-state index contributed by atoms with van der Waals surface area (Å²) in [6, 6.07) is 9.40. The molecule has 1 aromatic carbocycles. The molecule has 2 aromatic rings. The Bertz CT molecular complexity index is 753. The average molecular weight is 374 g/mol. The number of carbonyl (C=O) groups excluding carboxylic acids is 1. The van der Waals surface area contributed by atoms with Gasteiger partial charge in [0.2, 0.25) is 0 Å². The van der Waals surface area contributed by atoms with Crippen molar-refractivity contribution in [3.8, 4) is 5.75 Å². The number of anilines is 1. The highest BCUT2D eigenvalue weighted by atomic mass is 19.1. The Balaban J connectivity index is 1.41. The Labute approximate surface area is 157 Å². The van der Waals surface area contributed by atoms with E-state index >= 15 is 0 Å². The van der Waals surface area contributed by atoms with Crippen molar-refractivity contribution in [3.05, 3.63) is 54.0 Å². The molecule has 7 nitrogen and oxygen atoms in total. The zero-order chi connectivity index (χ0) is 18.9. The van der Waals surface area contributed by atoms with Gasteiger partial charge in [-0.15, -0.1) is 0 Å². The van der Waals surface area contributed by atoms with Gasteiger partial charge in [0.05, 0.1) is 19.8 Å². The van der Waals surface area contributed by atoms with Crippen molar-refractivity contribution in [2.45, 2.75) is 6.54 Å². The zero-order valence-electron chi connectivity index (χ0n) is 15.0. The van der Waals surface area contributed by atoms with Gasteiger partial charge >= 0.3 is 6.03 Å². The summed E-state index contributed by atoms with van der Waals surface area (Å²) in [6.07, 6.45) is 1.75. The maximum atomic E-state index is 13.1. The topological polar surface area (TPSA) is 75.7 Å². The number of halogens is 1. The molecule has 27 heavy (non-hydrogen) atoms. The van der Waals surface area contributed by atoms with Crippen molar-refractivity contribution in [1.82, 2.24) is 15.6 Å². The molecule has 1 aromatic heterocycles. The molecule has 144 valence electrons. The first-order chi connectivity index (χ1) is 13.2. The van der Waals surface area contributed by atoms with Gasteiger partial charge in [-0.1, -0.05) is 12.1 Å². The molecule has 0 saturated carbocycles. The number of nitrogens with zero attached hydrogens (tertiary/aromatic N) is 2. The first-order valence-corrected chi connectivity index (χ1v) is 8.89. The van der Waals surface area contributed by atoms with Gasteiger partial charge in [0.1, 0.15) is 24.0 Å². The standard InChI is InChI=1S/C19H23FN4O3/c20-16-4-1-5-17(13-16)27-10-7-22-19(25)23-14-15-3-2-6-21-18(15)24-8-11-26-12-9-24/h1-6,13H,7-12,14H2,(H2,22,23,25). The van der Waals surface area contributed by atoms with Crippen LogP contribution in [0, 0.1) is 5.82 Å². The summed E-state index contributed by atoms with van der Waals surface area (Å²) in [5.74, 6) is 0.948. The third-order valence-electron chi connectivity index (χ3n) is 4.07. The van der Waals surface area contributed by atoms with Crippen LogP contribution >= 0.6 is 0 Å². The summed E-state index contributed by atoms with van der Waals surface area (Å²) < 4.78 is 23.8. The fourth-order valence-electron chi connectivity index (χ4n) is 2.76. The number of hydrogen-bond donors (Lipinski definition) is 2. The van der Waals surface area contributed by atoms with Gasteiger partial charge in [0, 0.05) is 37.5 Å². The van der Waals surface area contributed by atoms with Crippen molar-refractivity contribution < 1.29 is 18.7 Å². The molecule has 2 N–H and O–H groups in total. The maximum absolute atomic E-state index is 13.1. The Morgan fingerprint density at radius 2 is 2.07 bits per heavy atom. The lowest BCUT2D eigenvalue weighted by Gasteiger charge is -2.29. The second kappa shape index (κ2) is 9.72. The van der Waals surface area contributed by atoms with Crippen LogP contribution in [0.3, 0.4) is 0 Å². The van der Waals surface area contributed by atoms with Crippen LogP contribution < -0.4 is 20.3 Å². The van der Waals surface area contributed by atoms with E-state index in [0.29, 0.717) is 32.1 Å². The van der Waals surface area contributed by atoms with Crippen LogP contribution in [-0.4, -0.2) is 50.5 Å². The van der Waals surface area contributed by atoms with Gasteiger partial charge in [-0.25, -0.2) is 14.2 Å². The van der Waals surface area contributed by atoms with Crippen LogP contribution in [0.15, 0.2) is 42.6 Å². The van der Waals surface area contributed by atoms with E-state index in [1.807, 2.05) is 12.1 Å². The fraction of sp³-hybridized carbons (Fsp3) is 0.368. The summed E-state index contributed by atoms with van der Waals surface area (Å²) in [4.78, 5) is 18.6. The number of amides is 2. The van der Waals surface area contributed by atoms with Crippen LogP contribution in [0.4, 0.5) is 15.0 Å². The van der Waals surface area contributed by atoms with E-state index in [2.05, 4.69) is 20.5 Å². The lowest BCUT2D eigenvalue weighted by atomic mass is 10.2. The number of ether oxygens (including phenoxy) is 2. The Morgan fingerprint density at radius 3 is 2.89 bits per heavy atom. The van der Waals surface area contributed by atoms with Crippen LogP contribution in [0.2, 0.25) is 0 Å². The monoisotopic (exact) mass is 374 g/mol. The van der Waals surface area contributed by atoms with Crippen molar-refractivity contribution in [2.75, 3.05) is 44.4 Å². The Hall–Kier alpha value is -2.87. The maximum Gasteiger partial charge on any atom is 0.315 e. The third-order valence-corrected chi connectivity index (χ3v) is 4.07. The molecule has 1 saturated heterocycles. The number of aromatic nitrogens is 1. The van der Waals surface area contributed by atoms with E-state index < -0.39 is 0 Å². The molecular formula is C19H23FN4O3. The lowest BCUT2D eigenvalue weighted by Crippen LogP contribution is -2.39. The third kappa shape index (κ3) is 5.82. The number of hydrogen-bond acceptors (Lipinski definition) is 5. The number of pyridine rings is 1. The number of carbonyl (C=O) groups is 1. The predicted octanol–water partition coefficient (Wildman–Crippen LogP) is 1.94. The summed E-state index contributed by atoms with van der Waals surface area (Å²) in [7, 11) is 0. The van der Waals surface area contributed by atoms with Gasteiger partial charge in [-0.05, 0) is 18.2 Å². The molecule has 0 unspecified atom stereocenters. The molecule has 1 aliphatic heterocycles. The first kappa shape index (κ1) is 18.9. The Kier molecular flexibility index (Phi) is 6.81. The van der Waals surface area contributed by atoms with E-state index in [0.717, 1.165) is 24.5 Å². The molecule has 1 fully saturated rings. The largest absolute Gasteiger partial charge is 0.492 e. The van der Waals surface area contributed by atoms with Crippen LogP contribution in [-0.2, 0) is 11.3 Å². The van der Waals surface area contributed by atoms with Gasteiger partial charge < -0.3 is 25.0 Å². The molecule has 0 atom stereocenters. The van der Waals surface area contributed by atoms with Crippen LogP contribution in [0.5, 0.6) is 5.75 Å². The van der Waals surface area contributed by atoms with Crippen molar-refractivity contribution in [3.63, 3.8) is 0 Å². The Morgan fingerprint density at radius 1 is 1.22 bits per heavy atom. The summed E-state index contributed by atoms with van der Waals surface area (Å²) in [5, 5.41) is 5.54. The number of morpholine rings is 1. The van der Waals surface area contributed by atoms with E-state index in [-0.39, 0.29) is 18.5 Å². The lowest BCUT2D eigenvalue weighted by molar-refractivity contribution is 0.122. The van der Waals surface area contributed by atoms with Crippen LogP contribution in [0.1, 0.15) is 5.56 Å². The minimum absolute atomic E-state index is 0.253.